The third-order valence-corrected chi connectivity index (χ3v) is 0.809. The lowest BCUT2D eigenvalue weighted by molar-refractivity contribution is -0.144. The van der Waals surface area contributed by atoms with E-state index in [4.69, 9.17) is 6.42 Å². The molecule has 0 atom stereocenters. The van der Waals surface area contributed by atoms with Crippen LogP contribution in [0.1, 0.15) is 0 Å². The van der Waals surface area contributed by atoms with Crippen LogP contribution in [0.5, 0.6) is 0 Å². The first kappa shape index (κ1) is 10.3. The maximum atomic E-state index is 10.5. The SMILES string of the molecule is C#CCOC(=O)OCC(=O)OC. The Morgan fingerprint density at radius 3 is 2.58 bits per heavy atom. The zero-order chi connectivity index (χ0) is 9.40. The Bertz CT molecular complexity index is 202. The van der Waals surface area contributed by atoms with Crippen molar-refractivity contribution in [3.63, 3.8) is 0 Å². The van der Waals surface area contributed by atoms with E-state index in [-0.39, 0.29) is 6.61 Å². The van der Waals surface area contributed by atoms with E-state index in [9.17, 15) is 9.59 Å². The predicted octanol–water partition coefficient (Wildman–Crippen LogP) is -0.0542. The second kappa shape index (κ2) is 6.04. The summed E-state index contributed by atoms with van der Waals surface area (Å²) in [5, 5.41) is 0. The lowest BCUT2D eigenvalue weighted by Gasteiger charge is -2.01. The molecular formula is C7H8O5. The van der Waals surface area contributed by atoms with Crippen molar-refractivity contribution < 1.29 is 23.8 Å². The molecule has 0 heterocycles. The van der Waals surface area contributed by atoms with Crippen LogP contribution in [0.15, 0.2) is 0 Å². The maximum absolute atomic E-state index is 10.5. The highest BCUT2D eigenvalue weighted by Crippen LogP contribution is 1.85. The van der Waals surface area contributed by atoms with Crippen LogP contribution in [0.25, 0.3) is 0 Å². The molecule has 0 saturated carbocycles. The van der Waals surface area contributed by atoms with Gasteiger partial charge in [-0.05, 0) is 0 Å². The fraction of sp³-hybridized carbons (Fsp3) is 0.429. The Labute approximate surface area is 69.6 Å². The Balaban J connectivity index is 3.45. The first-order valence-corrected chi connectivity index (χ1v) is 3.00. The van der Waals surface area contributed by atoms with E-state index in [2.05, 4.69) is 20.1 Å². The molecule has 5 nitrogen and oxygen atoms in total. The maximum Gasteiger partial charge on any atom is 0.509 e. The van der Waals surface area contributed by atoms with Crippen LogP contribution in [0.2, 0.25) is 0 Å². The second-order valence-corrected chi connectivity index (χ2v) is 1.61. The first-order valence-electron chi connectivity index (χ1n) is 3.00. The molecule has 0 aromatic heterocycles. The van der Waals surface area contributed by atoms with Crippen LogP contribution in [-0.4, -0.2) is 32.4 Å². The number of ether oxygens (including phenoxy) is 3. The minimum atomic E-state index is -0.988. The van der Waals surface area contributed by atoms with E-state index < -0.39 is 18.7 Å². The van der Waals surface area contributed by atoms with Crippen molar-refractivity contribution in [1.82, 2.24) is 0 Å². The topological polar surface area (TPSA) is 61.8 Å². The van der Waals surface area contributed by atoms with Gasteiger partial charge in [0, 0.05) is 0 Å². The third-order valence-electron chi connectivity index (χ3n) is 0.809. The second-order valence-electron chi connectivity index (χ2n) is 1.61. The Kier molecular flexibility index (Phi) is 5.18. The van der Waals surface area contributed by atoms with E-state index in [1.165, 1.54) is 7.11 Å². The monoisotopic (exact) mass is 172 g/mol. The molecule has 0 aliphatic heterocycles. The number of hydrogen-bond acceptors (Lipinski definition) is 5. The van der Waals surface area contributed by atoms with Gasteiger partial charge >= 0.3 is 12.1 Å². The van der Waals surface area contributed by atoms with E-state index in [1.54, 1.807) is 0 Å². The van der Waals surface area contributed by atoms with Gasteiger partial charge in [-0.2, -0.15) is 0 Å². The highest BCUT2D eigenvalue weighted by molar-refractivity contribution is 5.73. The third kappa shape index (κ3) is 5.11. The summed E-state index contributed by atoms with van der Waals surface area (Å²) in [6.07, 6.45) is 3.80. The summed E-state index contributed by atoms with van der Waals surface area (Å²) < 4.78 is 12.7. The van der Waals surface area contributed by atoms with Crippen molar-refractivity contribution in [2.75, 3.05) is 20.3 Å². The van der Waals surface area contributed by atoms with Crippen LogP contribution >= 0.6 is 0 Å². The van der Waals surface area contributed by atoms with Crippen molar-refractivity contribution in [3.8, 4) is 12.3 Å². The predicted molar refractivity (Wildman–Crippen MR) is 38.1 cm³/mol. The van der Waals surface area contributed by atoms with Crippen LogP contribution in [-0.2, 0) is 19.0 Å². The van der Waals surface area contributed by atoms with E-state index in [0.717, 1.165) is 0 Å². The Morgan fingerprint density at radius 2 is 2.08 bits per heavy atom. The molecule has 0 aromatic carbocycles. The summed E-state index contributed by atoms with van der Waals surface area (Å²) in [5.41, 5.74) is 0. The Morgan fingerprint density at radius 1 is 1.42 bits per heavy atom. The van der Waals surface area contributed by atoms with Crippen LogP contribution in [0, 0.1) is 12.3 Å². The van der Waals surface area contributed by atoms with Crippen LogP contribution < -0.4 is 0 Å². The van der Waals surface area contributed by atoms with Crippen molar-refractivity contribution >= 4 is 12.1 Å². The standard InChI is InChI=1S/C7H8O5/c1-3-4-11-7(9)12-5-6(8)10-2/h1H,4-5H2,2H3. The molecular weight excluding hydrogens is 164 g/mol. The van der Waals surface area contributed by atoms with Gasteiger partial charge in [0.15, 0.2) is 13.2 Å². The van der Waals surface area contributed by atoms with Gasteiger partial charge in [-0.1, -0.05) is 5.92 Å². The van der Waals surface area contributed by atoms with E-state index >= 15 is 0 Å². The summed E-state index contributed by atoms with van der Waals surface area (Å²) in [4.78, 5) is 20.9. The molecule has 0 aliphatic rings. The molecule has 0 bridgehead atoms. The van der Waals surface area contributed by atoms with Crippen molar-refractivity contribution in [2.45, 2.75) is 0 Å². The molecule has 0 saturated heterocycles. The molecule has 0 radical (unpaired) electrons. The van der Waals surface area contributed by atoms with Crippen molar-refractivity contribution in [3.05, 3.63) is 0 Å². The van der Waals surface area contributed by atoms with Crippen molar-refractivity contribution in [1.29, 1.82) is 0 Å². The minimum Gasteiger partial charge on any atom is -0.466 e. The molecule has 0 N–H and O–H groups in total. The lowest BCUT2D eigenvalue weighted by atomic mass is 10.7. The molecule has 12 heavy (non-hydrogen) atoms. The van der Waals surface area contributed by atoms with Gasteiger partial charge in [0.05, 0.1) is 7.11 Å². The minimum absolute atomic E-state index is 0.181. The molecule has 0 fully saturated rings. The largest absolute Gasteiger partial charge is 0.509 e. The molecule has 66 valence electrons. The smallest absolute Gasteiger partial charge is 0.466 e. The number of esters is 1. The highest BCUT2D eigenvalue weighted by atomic mass is 16.7. The number of methoxy groups -OCH3 is 1. The highest BCUT2D eigenvalue weighted by Gasteiger charge is 2.06. The van der Waals surface area contributed by atoms with Gasteiger partial charge in [0.1, 0.15) is 0 Å². The molecule has 0 aromatic rings. The van der Waals surface area contributed by atoms with E-state index in [0.29, 0.717) is 0 Å². The average molecular weight is 172 g/mol. The van der Waals surface area contributed by atoms with Gasteiger partial charge in [0.2, 0.25) is 0 Å². The van der Waals surface area contributed by atoms with Crippen molar-refractivity contribution in [2.24, 2.45) is 0 Å². The van der Waals surface area contributed by atoms with Gasteiger partial charge in [-0.15, -0.1) is 6.42 Å². The molecule has 0 unspecified atom stereocenters. The number of carbonyl (C=O) groups excluding carboxylic acids is 2. The fourth-order valence-corrected chi connectivity index (χ4v) is 0.319. The summed E-state index contributed by atoms with van der Waals surface area (Å²) in [5.74, 6) is 1.40. The summed E-state index contributed by atoms with van der Waals surface area (Å²) >= 11 is 0. The number of hydrogen-bond donors (Lipinski definition) is 0. The number of carbonyl (C=O) groups is 2. The summed E-state index contributed by atoms with van der Waals surface area (Å²) in [6, 6.07) is 0. The van der Waals surface area contributed by atoms with Gasteiger partial charge < -0.3 is 14.2 Å². The molecule has 0 amide bonds. The van der Waals surface area contributed by atoms with Crippen LogP contribution in [0.3, 0.4) is 0 Å². The quantitative estimate of drug-likeness (QED) is 0.441. The number of rotatable bonds is 3. The van der Waals surface area contributed by atoms with Crippen LogP contribution in [0.4, 0.5) is 4.79 Å². The number of terminal acetylenes is 1. The normalized spacial score (nSPS) is 8.00. The van der Waals surface area contributed by atoms with Gasteiger partial charge in [-0.3, -0.25) is 0 Å². The molecule has 0 spiro atoms. The fourth-order valence-electron chi connectivity index (χ4n) is 0.319. The Hall–Kier alpha value is -1.70. The zero-order valence-electron chi connectivity index (χ0n) is 6.53. The molecule has 5 heteroatoms. The van der Waals surface area contributed by atoms with Gasteiger partial charge in [-0.25, -0.2) is 9.59 Å². The first-order chi connectivity index (χ1) is 5.70. The summed E-state index contributed by atoms with van der Waals surface area (Å²) in [6.45, 7) is -0.653. The van der Waals surface area contributed by atoms with Gasteiger partial charge in [0.25, 0.3) is 0 Å². The molecule has 0 aliphatic carbocycles. The van der Waals surface area contributed by atoms with E-state index in [1.807, 2.05) is 0 Å². The molecule has 0 rings (SSSR count). The lowest BCUT2D eigenvalue weighted by Crippen LogP contribution is -2.15. The zero-order valence-corrected chi connectivity index (χ0v) is 6.53. The average Bonchev–Trinajstić information content (AvgIpc) is 2.10. The summed E-state index contributed by atoms with van der Waals surface area (Å²) in [7, 11) is 1.18.